The number of nitrogens with one attached hydrogen (secondary N) is 1. The molecule has 19 heavy (non-hydrogen) atoms. The molecule has 0 aliphatic carbocycles. The van der Waals surface area contributed by atoms with Crippen LogP contribution in [0.15, 0.2) is 29.1 Å². The van der Waals surface area contributed by atoms with Crippen LogP contribution in [0.5, 0.6) is 5.88 Å². The Kier molecular flexibility index (Phi) is 3.29. The van der Waals surface area contributed by atoms with Crippen LogP contribution in [0.25, 0.3) is 10.8 Å². The molecule has 100 valence electrons. The quantitative estimate of drug-likeness (QED) is 0.864. The molecule has 5 heteroatoms. The molecule has 0 saturated carbocycles. The van der Waals surface area contributed by atoms with Crippen molar-refractivity contribution in [2.24, 2.45) is 7.05 Å². The molecule has 0 saturated heterocycles. The monoisotopic (exact) mass is 259 g/mol. The third kappa shape index (κ3) is 2.19. The first-order chi connectivity index (χ1) is 8.93. The number of nitrogens with zero attached hydrogens (tertiary/aromatic N) is 1. The molecule has 5 nitrogen and oxygen atoms in total. The lowest BCUT2D eigenvalue weighted by atomic mass is 10.1. The van der Waals surface area contributed by atoms with E-state index in [0.717, 1.165) is 4.57 Å². The topological polar surface area (TPSA) is 74.2 Å². The van der Waals surface area contributed by atoms with Crippen LogP contribution in [0.4, 0.5) is 0 Å². The summed E-state index contributed by atoms with van der Waals surface area (Å²) < 4.78 is 0.970. The van der Waals surface area contributed by atoms with Crippen LogP contribution in [-0.4, -0.2) is 16.5 Å². The van der Waals surface area contributed by atoms with Crippen LogP contribution in [0, 0.1) is 0 Å². The van der Waals surface area contributed by atoms with Gasteiger partial charge in [-0.15, -0.1) is 0 Å². The highest BCUT2D eigenvalue weighted by Gasteiger charge is 2.15. The second-order valence-corrected chi connectivity index (χ2v) is 4.72. The van der Waals surface area contributed by atoms with Crippen molar-refractivity contribution >= 4 is 16.7 Å². The van der Waals surface area contributed by atoms with Gasteiger partial charge in [0.1, 0.15) is 0 Å². The molecule has 1 N–H and O–H groups in total. The summed E-state index contributed by atoms with van der Waals surface area (Å²) in [5.74, 6) is -1.02. The van der Waals surface area contributed by atoms with Gasteiger partial charge in [-0.2, -0.15) is 0 Å². The van der Waals surface area contributed by atoms with E-state index in [9.17, 15) is 14.7 Å². The van der Waals surface area contributed by atoms with Crippen LogP contribution in [0.1, 0.15) is 24.2 Å². The van der Waals surface area contributed by atoms with Gasteiger partial charge in [0, 0.05) is 23.9 Å². The molecule has 0 fully saturated rings. The number of aromatic nitrogens is 1. The van der Waals surface area contributed by atoms with Crippen molar-refractivity contribution in [3.63, 3.8) is 0 Å². The normalized spacial score (nSPS) is 10.9. The number of fused-ring (bicyclic) bond motifs is 1. The smallest absolute Gasteiger partial charge is 0.257 e. The summed E-state index contributed by atoms with van der Waals surface area (Å²) in [6.45, 7) is 3.62. The zero-order valence-electron chi connectivity index (χ0n) is 11.1. The first kappa shape index (κ1) is 13.1. The first-order valence-corrected chi connectivity index (χ1v) is 6.03. The van der Waals surface area contributed by atoms with E-state index in [1.54, 1.807) is 24.3 Å². The molecule has 1 heterocycles. The number of hydrogen-bond acceptors (Lipinski definition) is 3. The maximum atomic E-state index is 12.1. The highest BCUT2D eigenvalue weighted by atomic mass is 16.3. The van der Waals surface area contributed by atoms with E-state index < -0.39 is 11.8 Å². The van der Waals surface area contributed by atoms with Gasteiger partial charge in [-0.3, -0.25) is 9.59 Å². The van der Waals surface area contributed by atoms with Gasteiger partial charge in [0.05, 0.1) is 5.56 Å². The number of rotatable bonds is 2. The van der Waals surface area contributed by atoms with Crippen molar-refractivity contribution in [3.05, 3.63) is 40.2 Å². The van der Waals surface area contributed by atoms with E-state index >= 15 is 0 Å². The standard InChI is InChI=1S/C14H16N2O3/c1-8(2)15-12(17)11-9-6-4-5-7-10(9)13(18)16(3)14(11)19/h4-8,19H,1-3H3,(H,15,17)/p-1. The largest absolute Gasteiger partial charge is 0.859 e. The highest BCUT2D eigenvalue weighted by Crippen LogP contribution is 2.21. The molecule has 1 aromatic heterocycles. The molecule has 1 amide bonds. The lowest BCUT2D eigenvalue weighted by molar-refractivity contribution is -0.279. The predicted octanol–water partition coefficient (Wildman–Crippen LogP) is 0.750. The second kappa shape index (κ2) is 4.76. The Morgan fingerprint density at radius 2 is 1.84 bits per heavy atom. The predicted molar refractivity (Wildman–Crippen MR) is 71.2 cm³/mol. The number of hydrogen-bond donors (Lipinski definition) is 1. The number of benzene rings is 1. The summed E-state index contributed by atoms with van der Waals surface area (Å²) in [6, 6.07) is 6.56. The average molecular weight is 259 g/mol. The summed E-state index contributed by atoms with van der Waals surface area (Å²) in [7, 11) is 1.38. The summed E-state index contributed by atoms with van der Waals surface area (Å²) in [5.41, 5.74) is -0.368. The van der Waals surface area contributed by atoms with Gasteiger partial charge in [-0.1, -0.05) is 18.2 Å². The Bertz CT molecular complexity index is 702. The zero-order chi connectivity index (χ0) is 14.2. The van der Waals surface area contributed by atoms with Crippen LogP contribution in [0.3, 0.4) is 0 Å². The number of carbonyl (C=O) groups is 1. The van der Waals surface area contributed by atoms with E-state index in [2.05, 4.69) is 5.32 Å². The van der Waals surface area contributed by atoms with Crippen molar-refractivity contribution in [3.8, 4) is 5.88 Å². The van der Waals surface area contributed by atoms with Crippen molar-refractivity contribution in [2.75, 3.05) is 0 Å². The molecule has 0 spiro atoms. The average Bonchev–Trinajstić information content (AvgIpc) is 2.35. The SMILES string of the molecule is CC(C)NC(=O)c1c([O-])n(C)c(=O)c2ccccc12. The number of pyridine rings is 1. The molecule has 0 bridgehead atoms. The molecular weight excluding hydrogens is 244 g/mol. The van der Waals surface area contributed by atoms with E-state index in [0.29, 0.717) is 10.8 Å². The van der Waals surface area contributed by atoms with Crippen molar-refractivity contribution in [2.45, 2.75) is 19.9 Å². The van der Waals surface area contributed by atoms with E-state index in [4.69, 9.17) is 0 Å². The third-order valence-corrected chi connectivity index (χ3v) is 2.90. The fourth-order valence-electron chi connectivity index (χ4n) is 2.00. The van der Waals surface area contributed by atoms with E-state index in [1.165, 1.54) is 7.05 Å². The third-order valence-electron chi connectivity index (χ3n) is 2.90. The molecule has 0 aliphatic rings. The number of carbonyl (C=O) groups excluding carboxylic acids is 1. The molecule has 0 radical (unpaired) electrons. The Balaban J connectivity index is 2.80. The second-order valence-electron chi connectivity index (χ2n) is 4.72. The Morgan fingerprint density at radius 3 is 2.42 bits per heavy atom. The minimum Gasteiger partial charge on any atom is -0.859 e. The van der Waals surface area contributed by atoms with Crippen molar-refractivity contribution < 1.29 is 9.90 Å². The fourth-order valence-corrected chi connectivity index (χ4v) is 2.00. The highest BCUT2D eigenvalue weighted by molar-refractivity contribution is 6.08. The molecule has 0 aliphatic heterocycles. The molecule has 1 aromatic carbocycles. The van der Waals surface area contributed by atoms with Gasteiger partial charge in [-0.05, 0) is 25.8 Å². The van der Waals surface area contributed by atoms with Gasteiger partial charge in [-0.25, -0.2) is 0 Å². The maximum Gasteiger partial charge on any atom is 0.257 e. The zero-order valence-corrected chi connectivity index (χ0v) is 11.1. The number of amides is 1. The molecule has 2 aromatic rings. The molecular formula is C14H15N2O3-. The van der Waals surface area contributed by atoms with Crippen molar-refractivity contribution in [1.82, 2.24) is 9.88 Å². The molecule has 2 rings (SSSR count). The fraction of sp³-hybridized carbons (Fsp3) is 0.286. The lowest BCUT2D eigenvalue weighted by Crippen LogP contribution is -2.33. The van der Waals surface area contributed by atoms with Gasteiger partial charge in [0.25, 0.3) is 11.5 Å². The minimum absolute atomic E-state index is 0.0198. The first-order valence-electron chi connectivity index (χ1n) is 6.03. The van der Waals surface area contributed by atoms with Crippen molar-refractivity contribution in [1.29, 1.82) is 0 Å². The van der Waals surface area contributed by atoms with Crippen LogP contribution in [0.2, 0.25) is 0 Å². The van der Waals surface area contributed by atoms with Crippen LogP contribution >= 0.6 is 0 Å². The van der Waals surface area contributed by atoms with Gasteiger partial charge in [0.2, 0.25) is 0 Å². The summed E-state index contributed by atoms with van der Waals surface area (Å²) in [6.07, 6.45) is 0. The Morgan fingerprint density at radius 1 is 1.26 bits per heavy atom. The maximum absolute atomic E-state index is 12.1. The Hall–Kier alpha value is -2.30. The van der Waals surface area contributed by atoms with Gasteiger partial charge in [0.15, 0.2) is 0 Å². The lowest BCUT2D eigenvalue weighted by Gasteiger charge is -2.20. The summed E-state index contributed by atoms with van der Waals surface area (Å²) in [5, 5.41) is 15.6. The molecule has 0 unspecified atom stereocenters. The van der Waals surface area contributed by atoms with Crippen LogP contribution in [-0.2, 0) is 7.05 Å². The Labute approximate surface area is 110 Å². The van der Waals surface area contributed by atoms with Gasteiger partial charge < -0.3 is 15.0 Å². The minimum atomic E-state index is -0.568. The van der Waals surface area contributed by atoms with Crippen LogP contribution < -0.4 is 16.0 Å². The van der Waals surface area contributed by atoms with Gasteiger partial charge >= 0.3 is 0 Å². The summed E-state index contributed by atoms with van der Waals surface area (Å²) in [4.78, 5) is 24.1. The van der Waals surface area contributed by atoms with E-state index in [-0.39, 0.29) is 17.2 Å². The van der Waals surface area contributed by atoms with E-state index in [1.807, 2.05) is 13.8 Å². The summed E-state index contributed by atoms with van der Waals surface area (Å²) >= 11 is 0. The molecule has 0 atom stereocenters.